The fraction of sp³-hybridized carbons (Fsp3) is 0.545. The summed E-state index contributed by atoms with van der Waals surface area (Å²) in [7, 11) is 0. The first-order chi connectivity index (χ1) is 5.79. The molecule has 12 heavy (non-hydrogen) atoms. The molecule has 0 amide bonds. The average molecular weight is 165 g/mol. The lowest BCUT2D eigenvalue weighted by Gasteiger charge is -2.02. The number of hydrogen-bond donors (Lipinski definition) is 0. The van der Waals surface area contributed by atoms with Crippen molar-refractivity contribution in [1.82, 2.24) is 0 Å². The van der Waals surface area contributed by atoms with E-state index in [1.165, 1.54) is 5.57 Å². The third kappa shape index (κ3) is 3.51. The van der Waals surface area contributed by atoms with Crippen molar-refractivity contribution in [2.45, 2.75) is 40.5 Å². The van der Waals surface area contributed by atoms with Crippen LogP contribution in [0.1, 0.15) is 40.5 Å². The third-order valence-electron chi connectivity index (χ3n) is 1.74. The molecule has 0 radical (unpaired) electrons. The highest BCUT2D eigenvalue weighted by Crippen LogP contribution is 2.14. The zero-order valence-electron chi connectivity index (χ0n) is 8.59. The molecule has 0 N–H and O–H groups in total. The van der Waals surface area contributed by atoms with E-state index in [4.69, 9.17) is 0 Å². The maximum atomic E-state index is 4.37. The molecule has 0 aromatic carbocycles. The minimum atomic E-state index is 0.998. The van der Waals surface area contributed by atoms with E-state index in [-0.39, 0.29) is 0 Å². The Morgan fingerprint density at radius 3 is 2.17 bits per heavy atom. The molecule has 0 heterocycles. The molecule has 0 unspecified atom stereocenters. The first-order valence-electron chi connectivity index (χ1n) is 4.64. The van der Waals surface area contributed by atoms with Gasteiger partial charge in [-0.05, 0) is 32.3 Å². The molecule has 0 bridgehead atoms. The topological polar surface area (TPSA) is 12.4 Å². The van der Waals surface area contributed by atoms with E-state index < -0.39 is 0 Å². The monoisotopic (exact) mass is 165 g/mol. The maximum absolute atomic E-state index is 4.37. The standard InChI is InChI=1S/C11H19N/c1-5-9-12-11(8-4)10(6-2)7-3/h6,8-9H,5,7H2,1-4H3/b10-6+,11-8-,12-9-. The van der Waals surface area contributed by atoms with Gasteiger partial charge in [0.2, 0.25) is 0 Å². The van der Waals surface area contributed by atoms with Crippen LogP contribution in [0.4, 0.5) is 0 Å². The molecule has 0 aliphatic carbocycles. The van der Waals surface area contributed by atoms with Gasteiger partial charge in [0.15, 0.2) is 0 Å². The molecular formula is C11H19N. The molecule has 0 aliphatic heterocycles. The van der Waals surface area contributed by atoms with Crippen LogP contribution in [0.15, 0.2) is 28.4 Å². The van der Waals surface area contributed by atoms with Crippen molar-refractivity contribution < 1.29 is 0 Å². The first kappa shape index (κ1) is 11.2. The van der Waals surface area contributed by atoms with Gasteiger partial charge in [0, 0.05) is 6.21 Å². The van der Waals surface area contributed by atoms with Crippen molar-refractivity contribution in [3.8, 4) is 0 Å². The quantitative estimate of drug-likeness (QED) is 0.444. The van der Waals surface area contributed by atoms with Crippen LogP contribution in [-0.2, 0) is 0 Å². The molecule has 1 heteroatoms. The van der Waals surface area contributed by atoms with Crippen molar-refractivity contribution in [3.63, 3.8) is 0 Å². The Morgan fingerprint density at radius 2 is 1.83 bits per heavy atom. The van der Waals surface area contributed by atoms with Gasteiger partial charge in [-0.3, -0.25) is 4.99 Å². The van der Waals surface area contributed by atoms with Crippen LogP contribution in [0.25, 0.3) is 0 Å². The molecule has 0 saturated carbocycles. The van der Waals surface area contributed by atoms with Gasteiger partial charge in [-0.1, -0.05) is 26.0 Å². The summed E-state index contributed by atoms with van der Waals surface area (Å²) in [6.45, 7) is 8.34. The van der Waals surface area contributed by atoms with Crippen LogP contribution in [0.5, 0.6) is 0 Å². The van der Waals surface area contributed by atoms with Crippen LogP contribution in [0.3, 0.4) is 0 Å². The van der Waals surface area contributed by atoms with E-state index in [1.807, 2.05) is 13.1 Å². The number of hydrogen-bond acceptors (Lipinski definition) is 1. The Morgan fingerprint density at radius 1 is 1.17 bits per heavy atom. The van der Waals surface area contributed by atoms with Gasteiger partial charge < -0.3 is 0 Å². The van der Waals surface area contributed by atoms with Crippen molar-refractivity contribution >= 4 is 6.21 Å². The molecule has 0 saturated heterocycles. The SMILES string of the molecule is C/C=C(\N=C/CC)C(=C/C)/CC. The second-order valence-electron chi connectivity index (χ2n) is 2.56. The highest BCUT2D eigenvalue weighted by atomic mass is 14.7. The number of aliphatic imine (C=N–C) groups is 1. The highest BCUT2D eigenvalue weighted by Gasteiger charge is 1.96. The van der Waals surface area contributed by atoms with Gasteiger partial charge in [-0.2, -0.15) is 0 Å². The second-order valence-corrected chi connectivity index (χ2v) is 2.56. The Hall–Kier alpha value is -0.850. The van der Waals surface area contributed by atoms with Crippen LogP contribution < -0.4 is 0 Å². The van der Waals surface area contributed by atoms with Gasteiger partial charge in [0.05, 0.1) is 5.70 Å². The lowest BCUT2D eigenvalue weighted by atomic mass is 10.1. The van der Waals surface area contributed by atoms with Crippen molar-refractivity contribution in [2.75, 3.05) is 0 Å². The fourth-order valence-electron chi connectivity index (χ4n) is 1.07. The molecule has 0 fully saturated rings. The summed E-state index contributed by atoms with van der Waals surface area (Å²) < 4.78 is 0. The maximum Gasteiger partial charge on any atom is 0.0611 e. The molecule has 0 atom stereocenters. The average Bonchev–Trinajstić information content (AvgIpc) is 2.12. The minimum absolute atomic E-state index is 0.998. The van der Waals surface area contributed by atoms with Crippen LogP contribution >= 0.6 is 0 Å². The van der Waals surface area contributed by atoms with Crippen LogP contribution in [-0.4, -0.2) is 6.21 Å². The zero-order valence-corrected chi connectivity index (χ0v) is 8.59. The van der Waals surface area contributed by atoms with Crippen molar-refractivity contribution in [1.29, 1.82) is 0 Å². The van der Waals surface area contributed by atoms with E-state index in [1.54, 1.807) is 0 Å². The van der Waals surface area contributed by atoms with E-state index in [0.29, 0.717) is 0 Å². The summed E-state index contributed by atoms with van der Waals surface area (Å²) >= 11 is 0. The Balaban J connectivity index is 4.46. The molecule has 0 rings (SSSR count). The third-order valence-corrected chi connectivity index (χ3v) is 1.74. The van der Waals surface area contributed by atoms with Crippen molar-refractivity contribution in [3.05, 3.63) is 23.4 Å². The second kappa shape index (κ2) is 6.84. The number of nitrogens with zero attached hydrogens (tertiary/aromatic N) is 1. The predicted octanol–water partition coefficient (Wildman–Crippen LogP) is 3.73. The van der Waals surface area contributed by atoms with E-state index in [2.05, 4.69) is 37.9 Å². The van der Waals surface area contributed by atoms with Crippen LogP contribution in [0.2, 0.25) is 0 Å². The summed E-state index contributed by atoms with van der Waals surface area (Å²) in [6.07, 6.45) is 8.19. The zero-order chi connectivity index (χ0) is 9.40. The molecule has 0 aromatic heterocycles. The highest BCUT2D eigenvalue weighted by molar-refractivity contribution is 5.59. The molecule has 0 spiro atoms. The fourth-order valence-corrected chi connectivity index (χ4v) is 1.07. The lowest BCUT2D eigenvalue weighted by molar-refractivity contribution is 1.08. The number of rotatable bonds is 4. The summed E-state index contributed by atoms with van der Waals surface area (Å²) in [5.41, 5.74) is 2.43. The smallest absolute Gasteiger partial charge is 0.0611 e. The summed E-state index contributed by atoms with van der Waals surface area (Å²) in [5, 5.41) is 0. The Bertz CT molecular complexity index is 197. The van der Waals surface area contributed by atoms with Gasteiger partial charge in [0.1, 0.15) is 0 Å². The van der Waals surface area contributed by atoms with E-state index >= 15 is 0 Å². The van der Waals surface area contributed by atoms with Gasteiger partial charge in [-0.25, -0.2) is 0 Å². The van der Waals surface area contributed by atoms with Crippen LogP contribution in [0, 0.1) is 0 Å². The number of allylic oxidation sites excluding steroid dienone is 3. The largest absolute Gasteiger partial charge is 0.261 e. The molecule has 68 valence electrons. The van der Waals surface area contributed by atoms with Gasteiger partial charge in [0.25, 0.3) is 0 Å². The van der Waals surface area contributed by atoms with E-state index in [0.717, 1.165) is 18.5 Å². The Labute approximate surface area is 75.9 Å². The molecule has 1 nitrogen and oxygen atoms in total. The summed E-state index contributed by atoms with van der Waals surface area (Å²) in [4.78, 5) is 4.37. The minimum Gasteiger partial charge on any atom is -0.261 e. The lowest BCUT2D eigenvalue weighted by Crippen LogP contribution is -1.85. The summed E-state index contributed by atoms with van der Waals surface area (Å²) in [6, 6.07) is 0. The molecule has 0 aromatic rings. The summed E-state index contributed by atoms with van der Waals surface area (Å²) in [5.74, 6) is 0. The molecular weight excluding hydrogens is 146 g/mol. The molecule has 0 aliphatic rings. The first-order valence-corrected chi connectivity index (χ1v) is 4.64. The van der Waals surface area contributed by atoms with Crippen molar-refractivity contribution in [2.24, 2.45) is 4.99 Å². The van der Waals surface area contributed by atoms with E-state index in [9.17, 15) is 0 Å². The van der Waals surface area contributed by atoms with Gasteiger partial charge >= 0.3 is 0 Å². The normalized spacial score (nSPS) is 14.3. The van der Waals surface area contributed by atoms with Gasteiger partial charge in [-0.15, -0.1) is 0 Å². The Kier molecular flexibility index (Phi) is 6.35. The predicted molar refractivity (Wildman–Crippen MR) is 56.6 cm³/mol.